The minimum Gasteiger partial charge on any atom is -0.492 e. The van der Waals surface area contributed by atoms with Gasteiger partial charge in [0.15, 0.2) is 64.8 Å². The number of nitriles is 1. The Kier molecular flexibility index (Phi) is 52.9. The van der Waals surface area contributed by atoms with Gasteiger partial charge in [-0.3, -0.25) is 48.3 Å². The molecule has 11 N–H and O–H groups in total. The zero-order valence-electron chi connectivity index (χ0n) is 83.0. The zero-order valence-corrected chi connectivity index (χ0v) is 86.1. The van der Waals surface area contributed by atoms with Crippen LogP contribution in [-0.2, 0) is 47.3 Å². The fourth-order valence-electron chi connectivity index (χ4n) is 12.3. The zero-order chi connectivity index (χ0) is 107. The number of hydrogen-bond donors (Lipinski definition) is 6. The number of carbonyl (C=O) groups excluding carboxylic acids is 9. The lowest BCUT2D eigenvalue weighted by Crippen LogP contribution is -2.35. The van der Waals surface area contributed by atoms with E-state index in [0.717, 1.165) is 71.9 Å². The Morgan fingerprint density at radius 1 is 0.486 bits per heavy atom. The number of pyridine rings is 1. The molecule has 0 bridgehead atoms. The highest BCUT2D eigenvalue weighted by molar-refractivity contribution is 7.17. The Bertz CT molecular complexity index is 5290. The highest BCUT2D eigenvalue weighted by Gasteiger charge is 2.36. The predicted octanol–water partition coefficient (Wildman–Crippen LogP) is 25.0. The minimum absolute atomic E-state index is 0.00641. The second kappa shape index (κ2) is 60.5. The van der Waals surface area contributed by atoms with Crippen LogP contribution in [0, 0.1) is 65.1 Å². The van der Waals surface area contributed by atoms with Gasteiger partial charge in [-0.15, -0.1) is 11.3 Å². The van der Waals surface area contributed by atoms with Crippen molar-refractivity contribution in [3.8, 4) is 39.6 Å². The van der Waals surface area contributed by atoms with Crippen LogP contribution in [-0.4, -0.2) is 100 Å². The number of thiazole rings is 1. The summed E-state index contributed by atoms with van der Waals surface area (Å²) in [5, 5.41) is 14.1. The number of urea groups is 1. The number of nitrogens with one attached hydrogen (secondary N) is 1. The summed E-state index contributed by atoms with van der Waals surface area (Å²) in [4.78, 5) is 119. The van der Waals surface area contributed by atoms with Crippen molar-refractivity contribution >= 4 is 104 Å². The van der Waals surface area contributed by atoms with E-state index in [9.17, 15) is 87.9 Å². The van der Waals surface area contributed by atoms with E-state index < -0.39 is 65.6 Å². The van der Waals surface area contributed by atoms with E-state index in [1.54, 1.807) is 151 Å². The van der Waals surface area contributed by atoms with Crippen LogP contribution in [0.4, 0.5) is 44.3 Å². The molecule has 0 saturated heterocycles. The second-order valence-corrected chi connectivity index (χ2v) is 38.4. The van der Waals surface area contributed by atoms with Gasteiger partial charge in [-0.05, 0) is 189 Å². The van der Waals surface area contributed by atoms with Crippen LogP contribution in [0.3, 0.4) is 0 Å². The largest absolute Gasteiger partial charge is 0.492 e. The van der Waals surface area contributed by atoms with Crippen molar-refractivity contribution in [1.82, 2.24) is 15.3 Å². The van der Waals surface area contributed by atoms with Crippen molar-refractivity contribution in [2.24, 2.45) is 80.5 Å². The molecule has 0 aliphatic rings. The summed E-state index contributed by atoms with van der Waals surface area (Å²) in [7, 11) is 0. The molecule has 0 aliphatic heterocycles. The number of guanidine groups is 1. The van der Waals surface area contributed by atoms with Crippen LogP contribution >= 0.6 is 46.1 Å². The number of unbranched alkanes of at least 4 members (excludes halogenated alkanes) is 1. The maximum Gasteiger partial charge on any atom is 0.416 e. The number of alkyl halides is 9. The number of aliphatic imine (C=N–C) groups is 1. The van der Waals surface area contributed by atoms with E-state index in [0.29, 0.717) is 111 Å². The standard InChI is InChI=1S/C19H22N2O2S.3C18H16ClF3O2.C15H21NO2.C9H20N4O.C9H19N3O2/c1-11(2)10-23-16-7-6-14(8-15(16)9-20)19-21-13(5)18(24-19)17(22)12(3)4;3*1-11(2)16(23)17(12-6-8-14(19)9-7-12)24-15-5-3-4-13(10-15)18(20,21)22;1-15(2,3)14(18)9-5-4-8-13(17)12-7-6-10-16-11-12;1-6(2)8(14)7(10)4-3-5-13-9(11)12;1-6(2)8(13)7(10)4-3-5-12-9(11)14/h6-8,11-12H,10H2,1-5H3;3*3-11,17H,1-2H3;6-7,10-11H,4-5,8-9H2,1-3H3;6-7H,3-5,10H2,1-2H3,(H4,11,12,13);6-7H,3-5,10H2,1-2H3,(H3,11,12,14)/t;2*17-;;;;/m.10..../s1. The first-order chi connectivity index (χ1) is 66.2. The van der Waals surface area contributed by atoms with Gasteiger partial charge < -0.3 is 52.9 Å². The summed E-state index contributed by atoms with van der Waals surface area (Å²) in [6, 6.07) is 42.6. The van der Waals surface area contributed by atoms with Crippen molar-refractivity contribution in [2.75, 3.05) is 19.7 Å². The number of hydrogen-bond acceptors (Lipinski definition) is 20. The normalized spacial score (nSPS) is 12.3. The molecule has 0 saturated carbocycles. The number of benzene rings is 7. The van der Waals surface area contributed by atoms with Gasteiger partial charge in [-0.25, -0.2) is 9.78 Å². The molecular formula is C106H130Cl3F9N10O13S. The third kappa shape index (κ3) is 45.6. The molecule has 36 heteroatoms. The molecule has 9 rings (SSSR count). The average molecular weight is 2060 g/mol. The van der Waals surface area contributed by atoms with Crippen LogP contribution in [0.1, 0.15) is 252 Å². The Morgan fingerprint density at radius 3 is 1.20 bits per heavy atom. The number of amides is 2. The van der Waals surface area contributed by atoms with Gasteiger partial charge in [0.25, 0.3) is 0 Å². The average Bonchev–Trinajstić information content (AvgIpc) is 1.70. The van der Waals surface area contributed by atoms with Gasteiger partial charge >= 0.3 is 24.6 Å². The van der Waals surface area contributed by atoms with Gasteiger partial charge in [0, 0.05) is 105 Å². The molecule has 142 heavy (non-hydrogen) atoms. The van der Waals surface area contributed by atoms with Gasteiger partial charge in [-0.2, -0.15) is 44.8 Å². The van der Waals surface area contributed by atoms with Crippen LogP contribution in [0.15, 0.2) is 193 Å². The van der Waals surface area contributed by atoms with Crippen molar-refractivity contribution in [3.05, 3.63) is 258 Å². The molecule has 9 aromatic rings. The smallest absolute Gasteiger partial charge is 0.416 e. The summed E-state index contributed by atoms with van der Waals surface area (Å²) < 4.78 is 138. The molecule has 0 radical (unpaired) electrons. The molecule has 7 aromatic carbocycles. The Balaban J connectivity index is 0.000000430. The third-order valence-electron chi connectivity index (χ3n) is 20.4. The summed E-state index contributed by atoms with van der Waals surface area (Å²) in [5.41, 5.74) is 28.1. The number of aryl methyl sites for hydroxylation is 1. The summed E-state index contributed by atoms with van der Waals surface area (Å²) in [5.74, 6) is -0.159. The molecule has 0 spiro atoms. The number of nitrogens with zero attached hydrogens (tertiary/aromatic N) is 4. The quantitative estimate of drug-likeness (QED) is 0.00685. The number of nitrogens with two attached hydrogens (primary N) is 5. The monoisotopic (exact) mass is 2060 g/mol. The van der Waals surface area contributed by atoms with Gasteiger partial charge in [0.05, 0.1) is 51.5 Å². The first-order valence-electron chi connectivity index (χ1n) is 45.9. The lowest BCUT2D eigenvalue weighted by Gasteiger charge is -2.21. The number of rotatable bonds is 39. The van der Waals surface area contributed by atoms with Crippen LogP contribution in [0.5, 0.6) is 23.0 Å². The van der Waals surface area contributed by atoms with Crippen LogP contribution in [0.2, 0.25) is 15.1 Å². The number of Topliss-reactive ketones (excluding diaryl/α,β-unsaturated/α-hetero) is 8. The molecule has 3 unspecified atom stereocenters. The molecular weight excluding hydrogens is 1930 g/mol. The van der Waals surface area contributed by atoms with Crippen LogP contribution < -0.4 is 52.9 Å². The number of primary amides is 1. The molecule has 0 fully saturated rings. The molecule has 2 aromatic heterocycles. The molecule has 2 heterocycles. The van der Waals surface area contributed by atoms with E-state index >= 15 is 0 Å². The molecule has 5 atom stereocenters. The fourth-order valence-corrected chi connectivity index (χ4v) is 13.8. The van der Waals surface area contributed by atoms with Gasteiger partial charge in [0.2, 0.25) is 0 Å². The van der Waals surface area contributed by atoms with E-state index in [2.05, 4.69) is 40.2 Å². The van der Waals surface area contributed by atoms with E-state index in [-0.39, 0.29) is 116 Å². The number of carbonyl (C=O) groups is 9. The fraction of sp³-hybridized carbons (Fsp3) is 0.425. The van der Waals surface area contributed by atoms with E-state index in [1.807, 2.05) is 75.3 Å². The Labute approximate surface area is 844 Å². The van der Waals surface area contributed by atoms with Gasteiger partial charge in [0.1, 0.15) is 39.9 Å². The number of halogens is 12. The Hall–Kier alpha value is -11.9. The summed E-state index contributed by atoms with van der Waals surface area (Å²) in [6.45, 7) is 34.7. The maximum atomic E-state index is 12.8. The van der Waals surface area contributed by atoms with Crippen molar-refractivity contribution in [2.45, 2.75) is 225 Å². The first kappa shape index (κ1) is 124. The van der Waals surface area contributed by atoms with Crippen molar-refractivity contribution < 1.29 is 102 Å². The maximum absolute atomic E-state index is 12.8. The second-order valence-electron chi connectivity index (χ2n) is 36.1. The van der Waals surface area contributed by atoms with Crippen molar-refractivity contribution in [1.29, 1.82) is 5.26 Å². The van der Waals surface area contributed by atoms with E-state index in [4.69, 9.17) is 82.4 Å². The molecule has 0 aliphatic carbocycles. The molecule has 23 nitrogen and oxygen atoms in total. The lowest BCUT2D eigenvalue weighted by atomic mass is 9.87. The third-order valence-corrected chi connectivity index (χ3v) is 22.4. The highest BCUT2D eigenvalue weighted by Crippen LogP contribution is 2.39. The number of ether oxygens (including phenoxy) is 4. The lowest BCUT2D eigenvalue weighted by molar-refractivity contribution is -0.138. The number of aromatic nitrogens is 2. The van der Waals surface area contributed by atoms with Crippen LogP contribution in [0.25, 0.3) is 10.6 Å². The van der Waals surface area contributed by atoms with Gasteiger partial charge in [-0.1, -0.05) is 207 Å². The minimum atomic E-state index is -4.48. The summed E-state index contributed by atoms with van der Waals surface area (Å²) in [6.07, 6.45) is -7.97. The number of ketones is 8. The van der Waals surface area contributed by atoms with E-state index in [1.165, 1.54) is 47.7 Å². The summed E-state index contributed by atoms with van der Waals surface area (Å²) >= 11 is 18.9. The SMILES string of the molecule is CC(C)(C)C(=O)CCCCC(=O)c1cccnc1.CC(C)C(=O)C(N)CCCN=C(N)N.CC(C)C(=O)C(N)CCCNC(N)=O.CC(C)C(=O)C(Oc1cccc(C(F)(F)F)c1)c1ccc(Cl)cc1.CC(C)C(=O)[C@@H](Oc1cccc(C(F)(F)F)c1)c1ccc(Cl)cc1.CC(C)C(=O)[C@H](Oc1cccc(C(F)(F)F)c1)c1ccc(Cl)cc1.Cc1nc(-c2ccc(OCC(C)C)c(C#N)c2)sc1C(=O)C(C)C. The predicted molar refractivity (Wildman–Crippen MR) is 539 cm³/mol. The first-order valence-corrected chi connectivity index (χ1v) is 47.9. The topological polar surface area (TPSA) is 395 Å². The molecule has 2 amide bonds. The van der Waals surface area contributed by atoms with Crippen molar-refractivity contribution in [3.63, 3.8) is 0 Å². The molecule has 772 valence electrons. The highest BCUT2D eigenvalue weighted by atomic mass is 35.5. The Morgan fingerprint density at radius 2 is 0.873 bits per heavy atom.